The number of carbonyl (C=O) groups is 1. The maximum Gasteiger partial charge on any atom is 0.436 e. The van der Waals surface area contributed by atoms with Crippen molar-refractivity contribution in [3.63, 3.8) is 0 Å². The van der Waals surface area contributed by atoms with E-state index in [9.17, 15) is 9.59 Å². The SMILES string of the molecule is CCOC(=O)n1c(=O)ccn1-c1ncccc1Cl. The predicted octanol–water partition coefficient (Wildman–Crippen LogP) is 1.69. The fourth-order valence-electron chi connectivity index (χ4n) is 1.45. The highest BCUT2D eigenvalue weighted by Gasteiger charge is 2.16. The van der Waals surface area contributed by atoms with Gasteiger partial charge in [0.2, 0.25) is 0 Å². The molecule has 0 amide bonds. The van der Waals surface area contributed by atoms with E-state index in [0.717, 1.165) is 4.68 Å². The molecule has 0 aliphatic heterocycles. The molecule has 94 valence electrons. The van der Waals surface area contributed by atoms with Crippen molar-refractivity contribution >= 4 is 17.7 Å². The van der Waals surface area contributed by atoms with Crippen LogP contribution in [0, 0.1) is 0 Å². The zero-order valence-electron chi connectivity index (χ0n) is 9.54. The maximum absolute atomic E-state index is 11.7. The van der Waals surface area contributed by atoms with Crippen LogP contribution in [0.15, 0.2) is 35.4 Å². The monoisotopic (exact) mass is 267 g/mol. The van der Waals surface area contributed by atoms with E-state index in [-0.39, 0.29) is 12.4 Å². The van der Waals surface area contributed by atoms with Crippen molar-refractivity contribution in [3.8, 4) is 5.82 Å². The van der Waals surface area contributed by atoms with Crippen LogP contribution >= 0.6 is 11.6 Å². The van der Waals surface area contributed by atoms with Gasteiger partial charge in [0.05, 0.1) is 11.6 Å². The van der Waals surface area contributed by atoms with E-state index in [1.165, 1.54) is 23.1 Å². The van der Waals surface area contributed by atoms with Crippen LogP contribution in [0.25, 0.3) is 5.82 Å². The normalized spacial score (nSPS) is 10.3. The quantitative estimate of drug-likeness (QED) is 0.830. The number of rotatable bonds is 2. The molecule has 2 aromatic heterocycles. The first-order valence-electron chi connectivity index (χ1n) is 5.24. The van der Waals surface area contributed by atoms with E-state index < -0.39 is 11.7 Å². The Morgan fingerprint density at radius 3 is 2.94 bits per heavy atom. The molecule has 0 atom stereocenters. The number of carbonyl (C=O) groups excluding carboxylic acids is 1. The Bertz CT molecular complexity index is 632. The minimum Gasteiger partial charge on any atom is -0.448 e. The van der Waals surface area contributed by atoms with Gasteiger partial charge in [-0.3, -0.25) is 4.79 Å². The highest BCUT2D eigenvalue weighted by Crippen LogP contribution is 2.16. The van der Waals surface area contributed by atoms with Gasteiger partial charge in [0.1, 0.15) is 0 Å². The second-order valence-corrected chi connectivity index (χ2v) is 3.73. The first kappa shape index (κ1) is 12.4. The van der Waals surface area contributed by atoms with Gasteiger partial charge in [0.25, 0.3) is 5.56 Å². The molecule has 0 spiro atoms. The fourth-order valence-corrected chi connectivity index (χ4v) is 1.66. The average Bonchev–Trinajstić information content (AvgIpc) is 2.72. The topological polar surface area (TPSA) is 66.1 Å². The summed E-state index contributed by atoms with van der Waals surface area (Å²) in [7, 11) is 0. The summed E-state index contributed by atoms with van der Waals surface area (Å²) < 4.78 is 6.89. The Hall–Kier alpha value is -2.08. The van der Waals surface area contributed by atoms with Crippen molar-refractivity contribution in [2.45, 2.75) is 6.92 Å². The van der Waals surface area contributed by atoms with Crippen LogP contribution in [-0.4, -0.2) is 27.0 Å². The number of ether oxygens (including phenoxy) is 1. The molecule has 2 heterocycles. The van der Waals surface area contributed by atoms with Crippen LogP contribution in [0.3, 0.4) is 0 Å². The summed E-state index contributed by atoms with van der Waals surface area (Å²) in [6.45, 7) is 1.83. The van der Waals surface area contributed by atoms with E-state index in [0.29, 0.717) is 5.02 Å². The van der Waals surface area contributed by atoms with Gasteiger partial charge in [0.15, 0.2) is 5.82 Å². The van der Waals surface area contributed by atoms with Gasteiger partial charge in [-0.05, 0) is 19.1 Å². The average molecular weight is 268 g/mol. The smallest absolute Gasteiger partial charge is 0.436 e. The molecule has 0 aromatic carbocycles. The van der Waals surface area contributed by atoms with E-state index >= 15 is 0 Å². The molecular weight excluding hydrogens is 258 g/mol. The second-order valence-electron chi connectivity index (χ2n) is 3.32. The summed E-state index contributed by atoms with van der Waals surface area (Å²) in [6, 6.07) is 4.51. The van der Waals surface area contributed by atoms with Crippen molar-refractivity contribution in [2.75, 3.05) is 6.61 Å². The van der Waals surface area contributed by atoms with Gasteiger partial charge in [-0.15, -0.1) is 4.68 Å². The molecule has 0 saturated heterocycles. The Labute approximate surface area is 107 Å². The largest absolute Gasteiger partial charge is 0.448 e. The summed E-state index contributed by atoms with van der Waals surface area (Å²) in [5.41, 5.74) is -0.504. The number of nitrogens with zero attached hydrogens (tertiary/aromatic N) is 3. The zero-order valence-corrected chi connectivity index (χ0v) is 10.3. The number of aromatic nitrogens is 3. The zero-order chi connectivity index (χ0) is 13.1. The first-order chi connectivity index (χ1) is 8.65. The molecule has 0 unspecified atom stereocenters. The molecule has 0 bridgehead atoms. The molecule has 2 rings (SSSR count). The van der Waals surface area contributed by atoms with Crippen molar-refractivity contribution < 1.29 is 9.53 Å². The number of hydrogen-bond donors (Lipinski definition) is 0. The lowest BCUT2D eigenvalue weighted by atomic mass is 10.4. The van der Waals surface area contributed by atoms with Crippen molar-refractivity contribution in [2.24, 2.45) is 0 Å². The maximum atomic E-state index is 11.7. The second kappa shape index (κ2) is 5.05. The standard InChI is InChI=1S/C11H10ClN3O3/c1-2-18-11(17)15-9(16)5-7-14(15)10-8(12)4-3-6-13-10/h3-7H,2H2,1H3. The summed E-state index contributed by atoms with van der Waals surface area (Å²) in [5.74, 6) is 0.286. The van der Waals surface area contributed by atoms with Crippen LogP contribution in [0.1, 0.15) is 6.92 Å². The molecule has 0 N–H and O–H groups in total. The number of hydrogen-bond acceptors (Lipinski definition) is 4. The lowest BCUT2D eigenvalue weighted by Crippen LogP contribution is -2.30. The van der Waals surface area contributed by atoms with Gasteiger partial charge in [-0.1, -0.05) is 11.6 Å². The third-order valence-corrected chi connectivity index (χ3v) is 2.47. The summed E-state index contributed by atoms with van der Waals surface area (Å²) in [6.07, 6.45) is 2.16. The highest BCUT2D eigenvalue weighted by atomic mass is 35.5. The van der Waals surface area contributed by atoms with Crippen LogP contribution < -0.4 is 5.56 Å². The predicted molar refractivity (Wildman–Crippen MR) is 65.3 cm³/mol. The minimum atomic E-state index is -0.769. The van der Waals surface area contributed by atoms with Crippen molar-refractivity contribution in [1.82, 2.24) is 14.3 Å². The number of halogens is 1. The molecule has 0 aliphatic rings. The lowest BCUT2D eigenvalue weighted by molar-refractivity contribution is 0.147. The molecule has 0 fully saturated rings. The van der Waals surface area contributed by atoms with Crippen molar-refractivity contribution in [3.05, 3.63) is 46.0 Å². The molecule has 0 saturated carbocycles. The van der Waals surface area contributed by atoms with E-state index in [4.69, 9.17) is 16.3 Å². The van der Waals surface area contributed by atoms with Gasteiger partial charge in [-0.25, -0.2) is 14.5 Å². The van der Waals surface area contributed by atoms with Crippen LogP contribution in [0.4, 0.5) is 4.79 Å². The Morgan fingerprint density at radius 2 is 2.28 bits per heavy atom. The Kier molecular flexibility index (Phi) is 3.47. The molecule has 0 radical (unpaired) electrons. The molecular formula is C11H10ClN3O3. The van der Waals surface area contributed by atoms with Gasteiger partial charge < -0.3 is 4.74 Å². The third-order valence-electron chi connectivity index (χ3n) is 2.18. The van der Waals surface area contributed by atoms with Crippen LogP contribution in [-0.2, 0) is 4.74 Å². The summed E-state index contributed by atoms with van der Waals surface area (Å²) in [4.78, 5) is 27.3. The van der Waals surface area contributed by atoms with Gasteiger partial charge in [0, 0.05) is 18.5 Å². The Morgan fingerprint density at radius 1 is 1.50 bits per heavy atom. The Balaban J connectivity index is 2.57. The van der Waals surface area contributed by atoms with Crippen LogP contribution in [0.2, 0.25) is 5.02 Å². The molecule has 7 heteroatoms. The third kappa shape index (κ3) is 2.14. The molecule has 2 aromatic rings. The fraction of sp³-hybridized carbons (Fsp3) is 0.182. The summed E-state index contributed by atoms with van der Waals surface area (Å²) >= 11 is 5.97. The van der Waals surface area contributed by atoms with Crippen molar-refractivity contribution in [1.29, 1.82) is 0 Å². The summed E-state index contributed by atoms with van der Waals surface area (Å²) in [5, 5.41) is 0.325. The first-order valence-corrected chi connectivity index (χ1v) is 5.61. The van der Waals surface area contributed by atoms with E-state index in [1.807, 2.05) is 0 Å². The molecule has 6 nitrogen and oxygen atoms in total. The lowest BCUT2D eigenvalue weighted by Gasteiger charge is -2.10. The molecule has 0 aliphatic carbocycles. The van der Waals surface area contributed by atoms with Crippen LogP contribution in [0.5, 0.6) is 0 Å². The van der Waals surface area contributed by atoms with E-state index in [1.54, 1.807) is 19.1 Å². The minimum absolute atomic E-state index is 0.173. The molecule has 18 heavy (non-hydrogen) atoms. The van der Waals surface area contributed by atoms with Gasteiger partial charge in [-0.2, -0.15) is 0 Å². The van der Waals surface area contributed by atoms with E-state index in [2.05, 4.69) is 4.98 Å². The number of pyridine rings is 1. The van der Waals surface area contributed by atoms with Gasteiger partial charge >= 0.3 is 6.09 Å². The highest BCUT2D eigenvalue weighted by molar-refractivity contribution is 6.32.